The maximum absolute atomic E-state index is 13.5. The molecule has 0 radical (unpaired) electrons. The third-order valence-electron chi connectivity index (χ3n) is 7.74. The fourth-order valence-electron chi connectivity index (χ4n) is 5.21. The van der Waals surface area contributed by atoms with Gasteiger partial charge in [0.1, 0.15) is 29.0 Å². The van der Waals surface area contributed by atoms with Crippen molar-refractivity contribution in [2.75, 3.05) is 5.32 Å². The first-order valence-corrected chi connectivity index (χ1v) is 16.1. The molecular weight excluding hydrogens is 652 g/mol. The fraction of sp³-hybridized carbons (Fsp3) is 0.0488. The number of anilines is 1. The first kappa shape index (κ1) is 33.5. The molecule has 0 aromatic heterocycles. The van der Waals surface area contributed by atoms with Crippen LogP contribution in [-0.2, 0) is 11.2 Å². The standard InChI is InChI=1S/C41H31ClN2O6/c42-30-21-24-36(43-39(45)29-19-22-33(23-20-29)49-31-9-3-1-4-10-31)35(26-30)40(46)44-37(41(47)48)25-27-15-17-28(18-16-27)34-13-7-8-14-38(34)50-32-11-5-2-6-12-32/h1-24,26,37H,25H2,(H,43,45)(H,44,46)(H,47,48). The molecule has 0 fully saturated rings. The highest BCUT2D eigenvalue weighted by atomic mass is 35.5. The third kappa shape index (κ3) is 8.55. The van der Waals surface area contributed by atoms with Crippen LogP contribution in [0.25, 0.3) is 11.1 Å². The molecule has 50 heavy (non-hydrogen) atoms. The molecule has 6 aromatic carbocycles. The Bertz CT molecular complexity index is 2100. The topological polar surface area (TPSA) is 114 Å². The van der Waals surface area contributed by atoms with Gasteiger partial charge >= 0.3 is 5.97 Å². The minimum absolute atomic E-state index is 0.0170. The molecule has 0 spiro atoms. The molecule has 8 nitrogen and oxygen atoms in total. The number of carboxylic acid groups (broad SMARTS) is 1. The van der Waals surface area contributed by atoms with E-state index in [0.29, 0.717) is 34.1 Å². The van der Waals surface area contributed by atoms with Crippen molar-refractivity contribution in [1.29, 1.82) is 0 Å². The normalized spacial score (nSPS) is 11.2. The van der Waals surface area contributed by atoms with Crippen molar-refractivity contribution in [3.05, 3.63) is 173 Å². The summed E-state index contributed by atoms with van der Waals surface area (Å²) in [4.78, 5) is 38.9. The number of hydrogen-bond donors (Lipinski definition) is 3. The van der Waals surface area contributed by atoms with E-state index in [9.17, 15) is 19.5 Å². The van der Waals surface area contributed by atoms with E-state index in [4.69, 9.17) is 21.1 Å². The number of halogens is 1. The smallest absolute Gasteiger partial charge is 0.326 e. The Morgan fingerprint density at radius 1 is 0.640 bits per heavy atom. The molecule has 0 bridgehead atoms. The number of amides is 2. The van der Waals surface area contributed by atoms with Crippen LogP contribution in [0.1, 0.15) is 26.3 Å². The van der Waals surface area contributed by atoms with Crippen molar-refractivity contribution in [2.24, 2.45) is 0 Å². The van der Waals surface area contributed by atoms with Crippen LogP contribution >= 0.6 is 11.6 Å². The average Bonchev–Trinajstić information content (AvgIpc) is 3.14. The number of hydrogen-bond acceptors (Lipinski definition) is 5. The van der Waals surface area contributed by atoms with Crippen molar-refractivity contribution >= 4 is 35.1 Å². The monoisotopic (exact) mass is 682 g/mol. The van der Waals surface area contributed by atoms with Gasteiger partial charge in [-0.15, -0.1) is 0 Å². The van der Waals surface area contributed by atoms with Gasteiger partial charge in [-0.2, -0.15) is 0 Å². The van der Waals surface area contributed by atoms with E-state index in [1.165, 1.54) is 18.2 Å². The highest BCUT2D eigenvalue weighted by molar-refractivity contribution is 6.31. The number of nitrogens with one attached hydrogen (secondary N) is 2. The Labute approximate surface area is 293 Å². The summed E-state index contributed by atoms with van der Waals surface area (Å²) in [6.07, 6.45) is 0.0170. The molecule has 0 aliphatic heterocycles. The molecule has 3 N–H and O–H groups in total. The van der Waals surface area contributed by atoms with Crippen LogP contribution in [-0.4, -0.2) is 28.9 Å². The zero-order chi connectivity index (χ0) is 34.9. The SMILES string of the molecule is O=C(Nc1ccc(Cl)cc1C(=O)NC(Cc1ccc(-c2ccccc2Oc2ccccc2)cc1)C(=O)O)c1ccc(Oc2ccccc2)cc1. The first-order chi connectivity index (χ1) is 24.3. The van der Waals surface area contributed by atoms with Crippen LogP contribution in [0.3, 0.4) is 0 Å². The second kappa shape index (κ2) is 15.7. The molecule has 0 aliphatic carbocycles. The largest absolute Gasteiger partial charge is 0.480 e. The van der Waals surface area contributed by atoms with Gasteiger partial charge < -0.3 is 25.2 Å². The number of rotatable bonds is 12. The van der Waals surface area contributed by atoms with Crippen molar-refractivity contribution < 1.29 is 29.0 Å². The average molecular weight is 683 g/mol. The van der Waals surface area contributed by atoms with Gasteiger partial charge in [0.25, 0.3) is 11.8 Å². The van der Waals surface area contributed by atoms with E-state index in [-0.39, 0.29) is 22.7 Å². The number of carbonyl (C=O) groups is 3. The highest BCUT2D eigenvalue weighted by Gasteiger charge is 2.24. The molecule has 6 rings (SSSR count). The Balaban J connectivity index is 1.13. The predicted octanol–water partition coefficient (Wildman–Crippen LogP) is 9.27. The Kier molecular flexibility index (Phi) is 10.5. The summed E-state index contributed by atoms with van der Waals surface area (Å²) < 4.78 is 11.9. The molecule has 1 atom stereocenters. The predicted molar refractivity (Wildman–Crippen MR) is 193 cm³/mol. The second-order valence-corrected chi connectivity index (χ2v) is 11.7. The number of carbonyl (C=O) groups excluding carboxylic acids is 2. The summed E-state index contributed by atoms with van der Waals surface area (Å²) in [5.74, 6) is 0.213. The van der Waals surface area contributed by atoms with Crippen LogP contribution in [0, 0.1) is 0 Å². The summed E-state index contributed by atoms with van der Waals surface area (Å²) in [5, 5.41) is 15.6. The van der Waals surface area contributed by atoms with E-state index >= 15 is 0 Å². The Morgan fingerprint density at radius 3 is 1.90 bits per heavy atom. The minimum atomic E-state index is -1.26. The molecule has 248 valence electrons. The second-order valence-electron chi connectivity index (χ2n) is 11.3. The summed E-state index contributed by atoms with van der Waals surface area (Å²) >= 11 is 6.22. The lowest BCUT2D eigenvalue weighted by Crippen LogP contribution is -2.42. The lowest BCUT2D eigenvalue weighted by Gasteiger charge is -2.17. The van der Waals surface area contributed by atoms with Crippen molar-refractivity contribution in [3.8, 4) is 34.1 Å². The van der Waals surface area contributed by atoms with Crippen LogP contribution in [0.2, 0.25) is 5.02 Å². The third-order valence-corrected chi connectivity index (χ3v) is 7.97. The fourth-order valence-corrected chi connectivity index (χ4v) is 5.38. The van der Waals surface area contributed by atoms with Crippen LogP contribution in [0.4, 0.5) is 5.69 Å². The van der Waals surface area contributed by atoms with Crippen LogP contribution < -0.4 is 20.1 Å². The van der Waals surface area contributed by atoms with Crippen LogP contribution in [0.5, 0.6) is 23.0 Å². The van der Waals surface area contributed by atoms with Crippen molar-refractivity contribution in [2.45, 2.75) is 12.5 Å². The molecule has 0 saturated heterocycles. The molecule has 0 heterocycles. The van der Waals surface area contributed by atoms with Gasteiger partial charge in [0.15, 0.2) is 0 Å². The van der Waals surface area contributed by atoms with Gasteiger partial charge in [0, 0.05) is 22.6 Å². The quantitative estimate of drug-likeness (QED) is 0.119. The number of ether oxygens (including phenoxy) is 2. The van der Waals surface area contributed by atoms with Gasteiger partial charge in [-0.1, -0.05) is 90.5 Å². The molecule has 0 aliphatic rings. The zero-order valence-corrected chi connectivity index (χ0v) is 27.3. The van der Waals surface area contributed by atoms with E-state index in [0.717, 1.165) is 11.1 Å². The zero-order valence-electron chi connectivity index (χ0n) is 26.6. The maximum Gasteiger partial charge on any atom is 0.326 e. The minimum Gasteiger partial charge on any atom is -0.480 e. The number of benzene rings is 6. The first-order valence-electron chi connectivity index (χ1n) is 15.7. The van der Waals surface area contributed by atoms with E-state index in [2.05, 4.69) is 10.6 Å². The summed E-state index contributed by atoms with van der Waals surface area (Å²) in [5.41, 5.74) is 2.97. The number of carboxylic acids is 1. The Hall–Kier alpha value is -6.38. The summed E-state index contributed by atoms with van der Waals surface area (Å²) in [6.45, 7) is 0. The lowest BCUT2D eigenvalue weighted by molar-refractivity contribution is -0.139. The molecule has 6 aromatic rings. The number of aliphatic carboxylic acids is 1. The van der Waals surface area contributed by atoms with Crippen molar-refractivity contribution in [1.82, 2.24) is 5.32 Å². The number of para-hydroxylation sites is 3. The van der Waals surface area contributed by atoms with Gasteiger partial charge in [-0.3, -0.25) is 9.59 Å². The van der Waals surface area contributed by atoms with Gasteiger partial charge in [-0.25, -0.2) is 4.79 Å². The molecule has 1 unspecified atom stereocenters. The van der Waals surface area contributed by atoms with Gasteiger partial charge in [-0.05, 0) is 83.9 Å². The van der Waals surface area contributed by atoms with E-state index < -0.39 is 23.8 Å². The maximum atomic E-state index is 13.5. The summed E-state index contributed by atoms with van der Waals surface area (Å²) in [7, 11) is 0. The van der Waals surface area contributed by atoms with E-state index in [1.54, 1.807) is 24.3 Å². The molecule has 9 heteroatoms. The van der Waals surface area contributed by atoms with Crippen LogP contribution in [0.15, 0.2) is 152 Å². The highest BCUT2D eigenvalue weighted by Crippen LogP contribution is 2.33. The molecule has 2 amide bonds. The molecule has 0 saturated carbocycles. The van der Waals surface area contributed by atoms with Gasteiger partial charge in [0.2, 0.25) is 0 Å². The Morgan fingerprint density at radius 2 is 1.24 bits per heavy atom. The van der Waals surface area contributed by atoms with Gasteiger partial charge in [0.05, 0.1) is 11.3 Å². The van der Waals surface area contributed by atoms with E-state index in [1.807, 2.05) is 109 Å². The summed E-state index contributed by atoms with van der Waals surface area (Å²) in [6, 6.07) is 43.4. The molecular formula is C41H31ClN2O6. The van der Waals surface area contributed by atoms with Crippen molar-refractivity contribution in [3.63, 3.8) is 0 Å². The lowest BCUT2D eigenvalue weighted by atomic mass is 9.99.